The second kappa shape index (κ2) is 7.13. The first-order chi connectivity index (χ1) is 11.8. The van der Waals surface area contributed by atoms with E-state index in [-0.39, 0.29) is 18.3 Å². The third-order valence-electron chi connectivity index (χ3n) is 3.80. The maximum atomic E-state index is 13.7. The Hall–Kier alpha value is -1.93. The third kappa shape index (κ3) is 3.85. The lowest BCUT2D eigenvalue weighted by molar-refractivity contribution is -0.132. The molecule has 0 aliphatic heterocycles. The summed E-state index contributed by atoms with van der Waals surface area (Å²) in [6, 6.07) is 4.46. The van der Waals surface area contributed by atoms with Crippen molar-refractivity contribution in [3.05, 3.63) is 51.0 Å². The minimum atomic E-state index is -0.507. The van der Waals surface area contributed by atoms with Gasteiger partial charge in [-0.15, -0.1) is 11.3 Å². The second-order valence-electron chi connectivity index (χ2n) is 5.75. The molecular weight excluding hydrogens is 409 g/mol. The Kier molecular flexibility index (Phi) is 5.10. The zero-order chi connectivity index (χ0) is 18.1. The molecule has 0 fully saturated rings. The molecule has 2 heterocycles. The van der Waals surface area contributed by atoms with Gasteiger partial charge in [0.05, 0.1) is 17.9 Å². The molecule has 0 bridgehead atoms. The molecule has 132 valence electrons. The van der Waals surface area contributed by atoms with Crippen LogP contribution in [0.3, 0.4) is 0 Å². The minimum Gasteiger partial charge on any atom is -0.481 e. The smallest absolute Gasteiger partial charge is 0.260 e. The summed E-state index contributed by atoms with van der Waals surface area (Å²) in [5, 5.41) is 0. The summed E-state index contributed by atoms with van der Waals surface area (Å²) in [5.74, 6) is -0.683. The van der Waals surface area contributed by atoms with E-state index in [0.29, 0.717) is 11.0 Å². The van der Waals surface area contributed by atoms with E-state index in [1.807, 2.05) is 24.4 Å². The van der Waals surface area contributed by atoms with Crippen LogP contribution in [0.5, 0.6) is 5.75 Å². The highest BCUT2D eigenvalue weighted by Gasteiger charge is 2.17. The lowest BCUT2D eigenvalue weighted by Gasteiger charge is -2.17. The van der Waals surface area contributed by atoms with Crippen molar-refractivity contribution in [1.29, 1.82) is 0 Å². The number of halogens is 2. The number of aryl methyl sites for hydroxylation is 2. The first-order valence-corrected chi connectivity index (χ1v) is 9.22. The van der Waals surface area contributed by atoms with Crippen molar-refractivity contribution in [3.63, 3.8) is 0 Å². The minimum absolute atomic E-state index is 0.0568. The van der Waals surface area contributed by atoms with Gasteiger partial charge in [-0.3, -0.25) is 9.20 Å². The van der Waals surface area contributed by atoms with Gasteiger partial charge in [0.15, 0.2) is 23.1 Å². The number of rotatable bonds is 5. The van der Waals surface area contributed by atoms with E-state index in [1.54, 1.807) is 29.4 Å². The van der Waals surface area contributed by atoms with Crippen LogP contribution in [0.4, 0.5) is 4.39 Å². The first kappa shape index (κ1) is 17.9. The van der Waals surface area contributed by atoms with Crippen LogP contribution in [0.15, 0.2) is 28.9 Å². The molecule has 0 aliphatic rings. The third-order valence-corrected chi connectivity index (χ3v) is 5.19. The summed E-state index contributed by atoms with van der Waals surface area (Å²) >= 11 is 4.79. The summed E-state index contributed by atoms with van der Waals surface area (Å²) < 4.78 is 21.7. The molecule has 3 aromatic rings. The molecule has 0 atom stereocenters. The molecule has 0 radical (unpaired) electrons. The first-order valence-electron chi connectivity index (χ1n) is 7.61. The molecule has 1 amide bonds. The molecule has 0 aliphatic carbocycles. The fraction of sp³-hybridized carbons (Fsp3) is 0.294. The Bertz CT molecular complexity index is 938. The molecule has 0 saturated carbocycles. The van der Waals surface area contributed by atoms with Crippen LogP contribution >= 0.6 is 27.3 Å². The van der Waals surface area contributed by atoms with Crippen LogP contribution in [0.1, 0.15) is 16.3 Å². The summed E-state index contributed by atoms with van der Waals surface area (Å²) in [4.78, 5) is 20.5. The van der Waals surface area contributed by atoms with E-state index in [0.717, 1.165) is 21.2 Å². The van der Waals surface area contributed by atoms with E-state index in [2.05, 4.69) is 20.9 Å². The summed E-state index contributed by atoms with van der Waals surface area (Å²) in [6.45, 7) is 4.14. The zero-order valence-corrected chi connectivity index (χ0v) is 16.4. The van der Waals surface area contributed by atoms with Crippen LogP contribution in [0.2, 0.25) is 0 Å². The molecule has 0 unspecified atom stereocenters. The van der Waals surface area contributed by atoms with Gasteiger partial charge in [-0.1, -0.05) is 15.9 Å². The Balaban J connectivity index is 1.66. The molecule has 8 heteroatoms. The molecule has 3 rings (SSSR count). The Morgan fingerprint density at radius 2 is 2.20 bits per heavy atom. The van der Waals surface area contributed by atoms with Crippen molar-refractivity contribution in [2.75, 3.05) is 13.7 Å². The van der Waals surface area contributed by atoms with Gasteiger partial charge >= 0.3 is 0 Å². The molecule has 0 N–H and O–H groups in total. The van der Waals surface area contributed by atoms with Crippen LogP contribution < -0.4 is 4.74 Å². The van der Waals surface area contributed by atoms with Gasteiger partial charge < -0.3 is 9.64 Å². The fourth-order valence-electron chi connectivity index (χ4n) is 2.45. The van der Waals surface area contributed by atoms with Crippen LogP contribution in [-0.4, -0.2) is 33.8 Å². The maximum Gasteiger partial charge on any atom is 0.260 e. The molecule has 1 aromatic carbocycles. The van der Waals surface area contributed by atoms with Crippen molar-refractivity contribution >= 4 is 38.1 Å². The number of amides is 1. The van der Waals surface area contributed by atoms with Gasteiger partial charge in [0.2, 0.25) is 0 Å². The van der Waals surface area contributed by atoms with Crippen molar-refractivity contribution in [2.45, 2.75) is 20.4 Å². The monoisotopic (exact) mass is 425 g/mol. The van der Waals surface area contributed by atoms with E-state index in [4.69, 9.17) is 4.74 Å². The Morgan fingerprint density at radius 1 is 1.44 bits per heavy atom. The van der Waals surface area contributed by atoms with E-state index in [1.165, 1.54) is 12.1 Å². The Labute approximate surface area is 157 Å². The normalized spacial score (nSPS) is 11.1. The van der Waals surface area contributed by atoms with Gasteiger partial charge in [0, 0.05) is 22.6 Å². The molecule has 2 aromatic heterocycles. The fourth-order valence-corrected chi connectivity index (χ4v) is 3.68. The SMILES string of the molecule is Cc1cn2c(CN(C)C(=O)COc3ccc(Br)cc3F)c(C)nc2s1. The second-order valence-corrected chi connectivity index (χ2v) is 7.88. The number of nitrogens with zero attached hydrogens (tertiary/aromatic N) is 3. The number of likely N-dealkylation sites (N-methyl/N-ethyl adjacent to an activating group) is 1. The van der Waals surface area contributed by atoms with Crippen molar-refractivity contribution in [3.8, 4) is 5.75 Å². The highest BCUT2D eigenvalue weighted by atomic mass is 79.9. The summed E-state index contributed by atoms with van der Waals surface area (Å²) in [5.41, 5.74) is 1.86. The number of thiazole rings is 1. The molecule has 0 spiro atoms. The predicted molar refractivity (Wildman–Crippen MR) is 98.6 cm³/mol. The standard InChI is InChI=1S/C17H17BrFN3O2S/c1-10-7-22-14(11(2)20-17(22)25-10)8-21(3)16(23)9-24-15-5-4-12(18)6-13(15)19/h4-7H,8-9H2,1-3H3. The zero-order valence-electron chi connectivity index (χ0n) is 14.0. The topological polar surface area (TPSA) is 46.8 Å². The van der Waals surface area contributed by atoms with Crippen LogP contribution in [0, 0.1) is 19.7 Å². The average molecular weight is 426 g/mol. The number of benzene rings is 1. The number of fused-ring (bicyclic) bond motifs is 1. The Morgan fingerprint density at radius 3 is 2.92 bits per heavy atom. The van der Waals surface area contributed by atoms with E-state index < -0.39 is 5.82 Å². The molecule has 25 heavy (non-hydrogen) atoms. The number of hydrogen-bond donors (Lipinski definition) is 0. The highest BCUT2D eigenvalue weighted by molar-refractivity contribution is 9.10. The van der Waals surface area contributed by atoms with Crippen molar-refractivity contribution in [2.24, 2.45) is 0 Å². The summed E-state index contributed by atoms with van der Waals surface area (Å²) in [6.07, 6.45) is 2.02. The number of ether oxygens (including phenoxy) is 1. The van der Waals surface area contributed by atoms with Crippen LogP contribution in [-0.2, 0) is 11.3 Å². The maximum absolute atomic E-state index is 13.7. The van der Waals surface area contributed by atoms with Gasteiger partial charge in [0.25, 0.3) is 5.91 Å². The summed E-state index contributed by atoms with van der Waals surface area (Å²) in [7, 11) is 1.70. The van der Waals surface area contributed by atoms with Crippen molar-refractivity contribution in [1.82, 2.24) is 14.3 Å². The van der Waals surface area contributed by atoms with Gasteiger partial charge in [-0.25, -0.2) is 9.37 Å². The van der Waals surface area contributed by atoms with E-state index >= 15 is 0 Å². The lowest BCUT2D eigenvalue weighted by atomic mass is 10.3. The highest BCUT2D eigenvalue weighted by Crippen LogP contribution is 2.23. The van der Waals surface area contributed by atoms with Gasteiger partial charge in [0.1, 0.15) is 0 Å². The largest absolute Gasteiger partial charge is 0.481 e. The number of carbonyl (C=O) groups is 1. The molecule has 5 nitrogen and oxygen atoms in total. The van der Waals surface area contributed by atoms with Crippen LogP contribution in [0.25, 0.3) is 4.96 Å². The molecular formula is C17H17BrFN3O2S. The number of imidazole rings is 1. The van der Waals surface area contributed by atoms with Gasteiger partial charge in [-0.2, -0.15) is 0 Å². The molecule has 0 saturated heterocycles. The average Bonchev–Trinajstić information content (AvgIpc) is 3.03. The van der Waals surface area contributed by atoms with Crippen molar-refractivity contribution < 1.29 is 13.9 Å². The number of carbonyl (C=O) groups excluding carboxylic acids is 1. The van der Waals surface area contributed by atoms with E-state index in [9.17, 15) is 9.18 Å². The predicted octanol–water partition coefficient (Wildman–Crippen LogP) is 3.95. The lowest BCUT2D eigenvalue weighted by Crippen LogP contribution is -2.31. The number of hydrogen-bond acceptors (Lipinski definition) is 4. The number of aromatic nitrogens is 2. The van der Waals surface area contributed by atoms with Gasteiger partial charge in [-0.05, 0) is 32.0 Å². The quantitative estimate of drug-likeness (QED) is 0.621.